The van der Waals surface area contributed by atoms with Gasteiger partial charge in [0.2, 0.25) is 5.91 Å². The Balaban J connectivity index is 0.00000156. The number of amides is 1. The van der Waals surface area contributed by atoms with Crippen LogP contribution in [-0.2, 0) is 4.79 Å². The van der Waals surface area contributed by atoms with Crippen molar-refractivity contribution in [3.63, 3.8) is 0 Å². The molecule has 0 spiro atoms. The van der Waals surface area contributed by atoms with Crippen molar-refractivity contribution in [3.05, 3.63) is 35.9 Å². The molecule has 2 atom stereocenters. The van der Waals surface area contributed by atoms with Crippen LogP contribution < -0.4 is 10.6 Å². The van der Waals surface area contributed by atoms with Gasteiger partial charge >= 0.3 is 0 Å². The van der Waals surface area contributed by atoms with Crippen molar-refractivity contribution in [2.24, 2.45) is 5.92 Å². The number of carbonyl (C=O) groups excluding carboxylic acids is 1. The van der Waals surface area contributed by atoms with Crippen molar-refractivity contribution in [1.82, 2.24) is 15.5 Å². The molecule has 0 saturated carbocycles. The van der Waals surface area contributed by atoms with Crippen LogP contribution in [0.25, 0.3) is 0 Å². The van der Waals surface area contributed by atoms with Crippen LogP contribution in [0.5, 0.6) is 0 Å². The fraction of sp³-hybridized carbons (Fsp3) is 0.611. The minimum Gasteiger partial charge on any atom is -0.354 e. The molecule has 0 radical (unpaired) electrons. The zero-order valence-electron chi connectivity index (χ0n) is 14.5. The molecule has 2 saturated heterocycles. The van der Waals surface area contributed by atoms with E-state index in [1.165, 1.54) is 6.42 Å². The van der Waals surface area contributed by atoms with E-state index in [9.17, 15) is 4.79 Å². The Kier molecular flexibility index (Phi) is 10.9. The number of nitrogens with one attached hydrogen (secondary N) is 2. The first kappa shape index (κ1) is 22.6. The van der Waals surface area contributed by atoms with Crippen molar-refractivity contribution in [3.8, 4) is 0 Å². The smallest absolute Gasteiger partial charge is 0.241 e. The fourth-order valence-electron chi connectivity index (χ4n) is 3.46. The van der Waals surface area contributed by atoms with Crippen LogP contribution >= 0.6 is 36.6 Å². The van der Waals surface area contributed by atoms with Gasteiger partial charge in [0.25, 0.3) is 0 Å². The Morgan fingerprint density at radius 1 is 1.24 bits per heavy atom. The molecule has 2 N–H and O–H groups in total. The van der Waals surface area contributed by atoms with Gasteiger partial charge < -0.3 is 10.6 Å². The molecule has 0 aliphatic carbocycles. The SMILES string of the molecule is Cl.Cl.O=C(NCCC1CCNC1)C(c1ccccc1)N1CCSCC1. The molecule has 2 fully saturated rings. The second kappa shape index (κ2) is 12.0. The molecule has 0 aromatic heterocycles. The zero-order chi connectivity index (χ0) is 15.9. The van der Waals surface area contributed by atoms with Gasteiger partial charge in [-0.05, 0) is 37.4 Å². The molecule has 3 rings (SSSR count). The average Bonchev–Trinajstić information content (AvgIpc) is 3.10. The number of benzene rings is 1. The molecule has 1 aromatic rings. The third kappa shape index (κ3) is 6.65. The highest BCUT2D eigenvalue weighted by Gasteiger charge is 2.28. The summed E-state index contributed by atoms with van der Waals surface area (Å²) < 4.78 is 0. The third-order valence-corrected chi connectivity index (χ3v) is 5.73. The van der Waals surface area contributed by atoms with Crippen molar-refractivity contribution < 1.29 is 4.79 Å². The number of hydrogen-bond acceptors (Lipinski definition) is 4. The summed E-state index contributed by atoms with van der Waals surface area (Å²) in [6.45, 7) is 4.99. The van der Waals surface area contributed by atoms with Gasteiger partial charge in [-0.2, -0.15) is 11.8 Å². The van der Waals surface area contributed by atoms with Gasteiger partial charge in [0, 0.05) is 31.1 Å². The normalized spacial score (nSPS) is 21.7. The number of thioether (sulfide) groups is 1. The van der Waals surface area contributed by atoms with E-state index >= 15 is 0 Å². The van der Waals surface area contributed by atoms with Gasteiger partial charge in [-0.1, -0.05) is 30.3 Å². The lowest BCUT2D eigenvalue weighted by Gasteiger charge is -2.33. The second-order valence-corrected chi connectivity index (χ2v) is 7.62. The maximum atomic E-state index is 12.8. The molecule has 2 aliphatic rings. The summed E-state index contributed by atoms with van der Waals surface area (Å²) in [6, 6.07) is 10.1. The first-order valence-electron chi connectivity index (χ1n) is 8.70. The number of nitrogens with zero attached hydrogens (tertiary/aromatic N) is 1. The first-order chi connectivity index (χ1) is 11.3. The van der Waals surface area contributed by atoms with Crippen LogP contribution in [0.15, 0.2) is 30.3 Å². The summed E-state index contributed by atoms with van der Waals surface area (Å²) in [6.07, 6.45) is 2.32. The number of hydrogen-bond donors (Lipinski definition) is 2. The second-order valence-electron chi connectivity index (χ2n) is 6.40. The Morgan fingerprint density at radius 2 is 1.96 bits per heavy atom. The standard InChI is InChI=1S/C18H27N3OS.2ClH/c22-18(20-9-7-15-6-8-19-14-15)17(16-4-2-1-3-5-16)21-10-12-23-13-11-21;;/h1-5,15,17,19H,6-14H2,(H,20,22);2*1H. The van der Waals surface area contributed by atoms with Gasteiger partial charge in [0.1, 0.15) is 6.04 Å². The predicted molar refractivity (Wildman–Crippen MR) is 111 cm³/mol. The number of carbonyl (C=O) groups is 1. The van der Waals surface area contributed by atoms with E-state index in [1.807, 2.05) is 30.0 Å². The predicted octanol–water partition coefficient (Wildman–Crippen LogP) is 2.74. The van der Waals surface area contributed by atoms with Crippen LogP contribution in [-0.4, -0.2) is 55.0 Å². The van der Waals surface area contributed by atoms with Crippen LogP contribution in [0.4, 0.5) is 0 Å². The molecule has 25 heavy (non-hydrogen) atoms. The highest BCUT2D eigenvalue weighted by Crippen LogP contribution is 2.24. The monoisotopic (exact) mass is 405 g/mol. The average molecular weight is 406 g/mol. The van der Waals surface area contributed by atoms with Crippen molar-refractivity contribution in [2.75, 3.05) is 44.2 Å². The van der Waals surface area contributed by atoms with Crippen molar-refractivity contribution in [1.29, 1.82) is 0 Å². The van der Waals surface area contributed by atoms with Crippen molar-refractivity contribution in [2.45, 2.75) is 18.9 Å². The quantitative estimate of drug-likeness (QED) is 0.763. The molecule has 2 aliphatic heterocycles. The molecule has 142 valence electrons. The molecular weight excluding hydrogens is 377 g/mol. The van der Waals surface area contributed by atoms with E-state index < -0.39 is 0 Å². The van der Waals surface area contributed by atoms with Crippen LogP contribution in [0.3, 0.4) is 0 Å². The van der Waals surface area contributed by atoms with E-state index in [4.69, 9.17) is 0 Å². The minimum absolute atomic E-state index is 0. The number of halogens is 2. The fourth-order valence-corrected chi connectivity index (χ4v) is 4.39. The Labute approximate surface area is 167 Å². The lowest BCUT2D eigenvalue weighted by atomic mass is 10.0. The maximum Gasteiger partial charge on any atom is 0.241 e. The molecule has 0 bridgehead atoms. The zero-order valence-corrected chi connectivity index (χ0v) is 16.9. The third-order valence-electron chi connectivity index (χ3n) is 4.79. The minimum atomic E-state index is -0.140. The van der Waals surface area contributed by atoms with Crippen LogP contribution in [0, 0.1) is 5.92 Å². The topological polar surface area (TPSA) is 44.4 Å². The summed E-state index contributed by atoms with van der Waals surface area (Å²) in [5.74, 6) is 3.11. The summed E-state index contributed by atoms with van der Waals surface area (Å²) in [5, 5.41) is 6.58. The highest BCUT2D eigenvalue weighted by atomic mass is 35.5. The van der Waals surface area contributed by atoms with E-state index in [0.29, 0.717) is 0 Å². The van der Waals surface area contributed by atoms with E-state index in [1.54, 1.807) is 0 Å². The Bertz CT molecular complexity index is 494. The summed E-state index contributed by atoms with van der Waals surface area (Å²) in [7, 11) is 0. The highest BCUT2D eigenvalue weighted by molar-refractivity contribution is 7.99. The van der Waals surface area contributed by atoms with E-state index in [-0.39, 0.29) is 36.8 Å². The van der Waals surface area contributed by atoms with Gasteiger partial charge in [-0.25, -0.2) is 0 Å². The van der Waals surface area contributed by atoms with Crippen LogP contribution in [0.1, 0.15) is 24.4 Å². The molecule has 4 nitrogen and oxygen atoms in total. The lowest BCUT2D eigenvalue weighted by molar-refractivity contribution is -0.126. The first-order valence-corrected chi connectivity index (χ1v) is 9.85. The summed E-state index contributed by atoms with van der Waals surface area (Å²) >= 11 is 1.98. The van der Waals surface area contributed by atoms with Gasteiger partial charge in [0.15, 0.2) is 0 Å². The Hall–Kier alpha value is -0.460. The lowest BCUT2D eigenvalue weighted by Crippen LogP contribution is -2.44. The van der Waals surface area contributed by atoms with E-state index in [2.05, 4.69) is 27.7 Å². The summed E-state index contributed by atoms with van der Waals surface area (Å²) in [5.41, 5.74) is 1.11. The molecule has 1 aromatic carbocycles. The molecule has 2 unspecified atom stereocenters. The molecule has 2 heterocycles. The molecule has 7 heteroatoms. The summed E-state index contributed by atoms with van der Waals surface area (Å²) in [4.78, 5) is 15.2. The van der Waals surface area contributed by atoms with Crippen molar-refractivity contribution >= 4 is 42.5 Å². The molecule has 1 amide bonds. The maximum absolute atomic E-state index is 12.8. The van der Waals surface area contributed by atoms with Gasteiger partial charge in [0.05, 0.1) is 0 Å². The van der Waals surface area contributed by atoms with Gasteiger partial charge in [-0.3, -0.25) is 9.69 Å². The van der Waals surface area contributed by atoms with Gasteiger partial charge in [-0.15, -0.1) is 24.8 Å². The molecular formula is C18H29Cl2N3OS. The van der Waals surface area contributed by atoms with E-state index in [0.717, 1.165) is 62.1 Å². The Morgan fingerprint density at radius 3 is 2.60 bits per heavy atom. The largest absolute Gasteiger partial charge is 0.354 e. The van der Waals surface area contributed by atoms with Crippen LogP contribution in [0.2, 0.25) is 0 Å². The number of rotatable bonds is 6.